The fourth-order valence-corrected chi connectivity index (χ4v) is 3.52. The van der Waals surface area contributed by atoms with Gasteiger partial charge in [0.05, 0.1) is 13.2 Å². The summed E-state index contributed by atoms with van der Waals surface area (Å²) in [5.74, 6) is -1.24. The molecular formula is C22H28O7. The van der Waals surface area contributed by atoms with Crippen molar-refractivity contribution < 1.29 is 34.0 Å². The number of esters is 1. The van der Waals surface area contributed by atoms with Crippen molar-refractivity contribution in [3.05, 3.63) is 41.5 Å². The van der Waals surface area contributed by atoms with E-state index in [9.17, 15) is 15.0 Å². The molecule has 2 aliphatic heterocycles. The number of cyclic esters (lactones) is 1. The number of ether oxygens (including phenoxy) is 4. The van der Waals surface area contributed by atoms with Crippen LogP contribution in [0.25, 0.3) is 6.08 Å². The molecule has 1 saturated heterocycles. The molecule has 0 bridgehead atoms. The fourth-order valence-electron chi connectivity index (χ4n) is 3.52. The second-order valence-electron chi connectivity index (χ2n) is 7.76. The van der Waals surface area contributed by atoms with Crippen molar-refractivity contribution in [1.29, 1.82) is 0 Å². The van der Waals surface area contributed by atoms with E-state index in [-0.39, 0.29) is 17.7 Å². The highest BCUT2D eigenvalue weighted by Gasteiger charge is 2.43. The van der Waals surface area contributed by atoms with Crippen LogP contribution in [0, 0.1) is 0 Å². The number of phenols is 1. The van der Waals surface area contributed by atoms with Crippen LogP contribution in [0.5, 0.6) is 11.5 Å². The maximum absolute atomic E-state index is 12.7. The normalized spacial score (nSPS) is 29.5. The van der Waals surface area contributed by atoms with Gasteiger partial charge in [-0.2, -0.15) is 0 Å². The van der Waals surface area contributed by atoms with Crippen molar-refractivity contribution in [1.82, 2.24) is 0 Å². The first-order valence-corrected chi connectivity index (χ1v) is 9.69. The van der Waals surface area contributed by atoms with E-state index in [2.05, 4.69) is 0 Å². The first kappa shape index (κ1) is 21.4. The Kier molecular flexibility index (Phi) is 6.31. The largest absolute Gasteiger partial charge is 0.507 e. The lowest BCUT2D eigenvalue weighted by molar-refractivity contribution is -0.153. The van der Waals surface area contributed by atoms with E-state index in [1.54, 1.807) is 39.0 Å². The lowest BCUT2D eigenvalue weighted by Gasteiger charge is -2.21. The number of hydrogen-bond acceptors (Lipinski definition) is 7. The van der Waals surface area contributed by atoms with Gasteiger partial charge in [-0.1, -0.05) is 24.3 Å². The number of phenolic OH excluding ortho intramolecular Hbond substituents is 1. The molecule has 0 amide bonds. The molecule has 2 N–H and O–H groups in total. The van der Waals surface area contributed by atoms with Gasteiger partial charge in [0, 0.05) is 12.5 Å². The number of carbonyl (C=O) groups is 1. The first-order valence-electron chi connectivity index (χ1n) is 9.69. The van der Waals surface area contributed by atoms with Gasteiger partial charge in [0.15, 0.2) is 5.79 Å². The third-order valence-corrected chi connectivity index (χ3v) is 4.88. The van der Waals surface area contributed by atoms with Crippen LogP contribution in [0.15, 0.2) is 30.4 Å². The van der Waals surface area contributed by atoms with Crippen LogP contribution >= 0.6 is 0 Å². The zero-order chi connectivity index (χ0) is 21.2. The van der Waals surface area contributed by atoms with Crippen molar-refractivity contribution in [2.45, 2.75) is 63.8 Å². The fraction of sp³-hybridized carbons (Fsp3) is 0.500. The van der Waals surface area contributed by atoms with Crippen molar-refractivity contribution in [3.8, 4) is 11.5 Å². The zero-order valence-electron chi connectivity index (χ0n) is 17.1. The van der Waals surface area contributed by atoms with Crippen LogP contribution in [0.4, 0.5) is 0 Å². The summed E-state index contributed by atoms with van der Waals surface area (Å²) >= 11 is 0. The molecule has 0 spiro atoms. The lowest BCUT2D eigenvalue weighted by atomic mass is 10.0. The summed E-state index contributed by atoms with van der Waals surface area (Å²) in [7, 11) is 1.48. The van der Waals surface area contributed by atoms with Gasteiger partial charge in [0.25, 0.3) is 0 Å². The summed E-state index contributed by atoms with van der Waals surface area (Å²) in [6, 6.07) is 3.00. The van der Waals surface area contributed by atoms with E-state index >= 15 is 0 Å². The molecular weight excluding hydrogens is 376 g/mol. The minimum Gasteiger partial charge on any atom is -0.507 e. The molecule has 1 aromatic carbocycles. The number of fused-ring (bicyclic) bond motifs is 2. The van der Waals surface area contributed by atoms with Gasteiger partial charge < -0.3 is 29.2 Å². The monoisotopic (exact) mass is 404 g/mol. The highest BCUT2D eigenvalue weighted by atomic mass is 16.8. The lowest BCUT2D eigenvalue weighted by Crippen LogP contribution is -2.34. The van der Waals surface area contributed by atoms with Gasteiger partial charge in [-0.15, -0.1) is 0 Å². The number of aliphatic hydroxyl groups is 1. The topological polar surface area (TPSA) is 94.5 Å². The molecule has 4 atom stereocenters. The Balaban J connectivity index is 1.97. The van der Waals surface area contributed by atoms with E-state index in [0.717, 1.165) is 0 Å². The summed E-state index contributed by atoms with van der Waals surface area (Å²) in [6.07, 6.45) is 5.64. The molecule has 0 radical (unpaired) electrons. The quantitative estimate of drug-likeness (QED) is 0.548. The van der Waals surface area contributed by atoms with Crippen LogP contribution in [0.1, 0.15) is 49.5 Å². The summed E-state index contributed by atoms with van der Waals surface area (Å²) in [5, 5.41) is 21.0. The molecule has 7 heteroatoms. The second-order valence-corrected chi connectivity index (χ2v) is 7.76. The highest BCUT2D eigenvalue weighted by molar-refractivity contribution is 5.97. The third-order valence-electron chi connectivity index (χ3n) is 4.88. The molecule has 29 heavy (non-hydrogen) atoms. The van der Waals surface area contributed by atoms with Gasteiger partial charge in [-0.05, 0) is 38.8 Å². The van der Waals surface area contributed by atoms with E-state index in [1.807, 2.05) is 12.2 Å². The van der Waals surface area contributed by atoms with Gasteiger partial charge in [-0.25, -0.2) is 4.79 Å². The summed E-state index contributed by atoms with van der Waals surface area (Å²) in [6.45, 7) is 5.38. The van der Waals surface area contributed by atoms with Crippen LogP contribution in [0.3, 0.4) is 0 Å². The Labute approximate surface area is 170 Å². The molecule has 2 heterocycles. The highest BCUT2D eigenvalue weighted by Crippen LogP contribution is 2.33. The van der Waals surface area contributed by atoms with Crippen LogP contribution in [-0.4, -0.2) is 53.5 Å². The number of rotatable bonds is 1. The minimum absolute atomic E-state index is 0.0592. The minimum atomic E-state index is -0.808. The zero-order valence-corrected chi connectivity index (χ0v) is 17.1. The van der Waals surface area contributed by atoms with Gasteiger partial charge in [0.2, 0.25) is 0 Å². The molecule has 7 nitrogen and oxygen atoms in total. The number of aliphatic hydroxyl groups excluding tert-OH is 1. The SMILES string of the molecule is COc1cc(O)c2c(c1)C=CCC(O)C1OC(C)(C)OC1C=CCC(C)OC2=O. The van der Waals surface area contributed by atoms with Crippen molar-refractivity contribution in [3.63, 3.8) is 0 Å². The molecule has 1 fully saturated rings. The standard InChI is InChI=1S/C22H28O7/c1-13-7-5-10-18-20(29-22(2,3)28-18)16(23)9-6-8-14-11-15(26-4)12-17(24)19(14)21(25)27-13/h5-6,8,10-13,16,18,20,23-24H,7,9H2,1-4H3. The van der Waals surface area contributed by atoms with Gasteiger partial charge >= 0.3 is 5.97 Å². The Bertz CT molecular complexity index is 812. The Hall–Kier alpha value is -2.35. The van der Waals surface area contributed by atoms with Gasteiger partial charge in [-0.3, -0.25) is 0 Å². The van der Waals surface area contributed by atoms with Crippen molar-refractivity contribution in [2.75, 3.05) is 7.11 Å². The molecule has 3 rings (SSSR count). The first-order chi connectivity index (χ1) is 13.7. The number of aromatic hydroxyl groups is 1. The van der Waals surface area contributed by atoms with E-state index in [1.165, 1.54) is 13.2 Å². The average molecular weight is 404 g/mol. The average Bonchev–Trinajstić information content (AvgIpc) is 2.95. The molecule has 0 saturated carbocycles. The summed E-state index contributed by atoms with van der Waals surface area (Å²) in [4.78, 5) is 12.7. The van der Waals surface area contributed by atoms with Gasteiger partial charge in [0.1, 0.15) is 35.4 Å². The number of benzene rings is 1. The van der Waals surface area contributed by atoms with Crippen molar-refractivity contribution in [2.24, 2.45) is 0 Å². The van der Waals surface area contributed by atoms with E-state index in [4.69, 9.17) is 18.9 Å². The molecule has 2 aliphatic rings. The second kappa shape index (κ2) is 8.57. The predicted molar refractivity (Wildman–Crippen MR) is 107 cm³/mol. The number of hydrogen-bond donors (Lipinski definition) is 2. The molecule has 0 aliphatic carbocycles. The third kappa shape index (κ3) is 4.98. The van der Waals surface area contributed by atoms with Crippen LogP contribution in [0.2, 0.25) is 0 Å². The number of methoxy groups -OCH3 is 1. The Morgan fingerprint density at radius 1 is 1.17 bits per heavy atom. The molecule has 1 aromatic rings. The van der Waals surface area contributed by atoms with E-state index < -0.39 is 36.2 Å². The van der Waals surface area contributed by atoms with Crippen molar-refractivity contribution >= 4 is 12.0 Å². The maximum atomic E-state index is 12.7. The molecule has 4 unspecified atom stereocenters. The van der Waals surface area contributed by atoms with Crippen LogP contribution < -0.4 is 4.74 Å². The smallest absolute Gasteiger partial charge is 0.342 e. The predicted octanol–water partition coefficient (Wildman–Crippen LogP) is 3.19. The molecule has 158 valence electrons. The van der Waals surface area contributed by atoms with Crippen LogP contribution in [-0.2, 0) is 14.2 Å². The summed E-state index contributed by atoms with van der Waals surface area (Å²) < 4.78 is 22.5. The number of carbonyl (C=O) groups excluding carboxylic acids is 1. The Morgan fingerprint density at radius 2 is 1.93 bits per heavy atom. The maximum Gasteiger partial charge on any atom is 0.342 e. The summed E-state index contributed by atoms with van der Waals surface area (Å²) in [5.41, 5.74) is 0.503. The molecule has 0 aromatic heterocycles. The van der Waals surface area contributed by atoms with E-state index in [0.29, 0.717) is 17.7 Å². The Morgan fingerprint density at radius 3 is 2.66 bits per heavy atom.